The Kier molecular flexibility index (Phi) is 8.49. The van der Waals surface area contributed by atoms with E-state index >= 15 is 0 Å². The number of nitrogens with one attached hydrogen (secondary N) is 2. The molecule has 5 heteroatoms. The van der Waals surface area contributed by atoms with Crippen molar-refractivity contribution in [3.05, 3.63) is 65.2 Å². The van der Waals surface area contributed by atoms with E-state index in [1.54, 1.807) is 7.11 Å². The van der Waals surface area contributed by atoms with Gasteiger partial charge < -0.3 is 20.1 Å². The topological polar surface area (TPSA) is 54.9 Å². The summed E-state index contributed by atoms with van der Waals surface area (Å²) < 4.78 is 11.0. The molecular formula is C21H29N3O2. The van der Waals surface area contributed by atoms with Gasteiger partial charge in [0, 0.05) is 25.3 Å². The number of hydrogen-bond acceptors (Lipinski definition) is 3. The van der Waals surface area contributed by atoms with Gasteiger partial charge in [-0.05, 0) is 31.0 Å². The molecule has 2 aromatic rings. The molecule has 2 N–H and O–H groups in total. The normalized spacial score (nSPS) is 11.3. The van der Waals surface area contributed by atoms with E-state index in [4.69, 9.17) is 9.47 Å². The zero-order valence-electron chi connectivity index (χ0n) is 15.9. The van der Waals surface area contributed by atoms with Crippen molar-refractivity contribution in [3.63, 3.8) is 0 Å². The van der Waals surface area contributed by atoms with E-state index in [2.05, 4.69) is 34.7 Å². The van der Waals surface area contributed by atoms with Crippen LogP contribution in [0.2, 0.25) is 0 Å². The second-order valence-corrected chi connectivity index (χ2v) is 5.77. The minimum atomic E-state index is 0.555. The lowest BCUT2D eigenvalue weighted by Gasteiger charge is -2.14. The quantitative estimate of drug-likeness (QED) is 0.534. The van der Waals surface area contributed by atoms with Crippen molar-refractivity contribution < 1.29 is 9.47 Å². The van der Waals surface area contributed by atoms with Crippen LogP contribution < -0.4 is 15.4 Å². The molecule has 5 nitrogen and oxygen atoms in total. The van der Waals surface area contributed by atoms with Crippen LogP contribution in [0, 0.1) is 0 Å². The SMILES string of the molecule is CCNC(=NCc1ccccc1OC)NCc1ccccc1COCC. The summed E-state index contributed by atoms with van der Waals surface area (Å²) >= 11 is 0. The van der Waals surface area contributed by atoms with E-state index < -0.39 is 0 Å². The first kappa shape index (κ1) is 19.8. The largest absolute Gasteiger partial charge is 0.496 e. The van der Waals surface area contributed by atoms with Crippen LogP contribution >= 0.6 is 0 Å². The number of rotatable bonds is 9. The maximum absolute atomic E-state index is 5.56. The zero-order chi connectivity index (χ0) is 18.6. The fraction of sp³-hybridized carbons (Fsp3) is 0.381. The molecule has 2 rings (SSSR count). The summed E-state index contributed by atoms with van der Waals surface area (Å²) in [5, 5.41) is 6.69. The highest BCUT2D eigenvalue weighted by molar-refractivity contribution is 5.79. The first-order valence-electron chi connectivity index (χ1n) is 9.07. The van der Waals surface area contributed by atoms with Crippen LogP contribution in [-0.2, 0) is 24.4 Å². The molecule has 0 radical (unpaired) electrons. The number of ether oxygens (including phenoxy) is 2. The van der Waals surface area contributed by atoms with Crippen molar-refractivity contribution in [2.24, 2.45) is 4.99 Å². The minimum absolute atomic E-state index is 0.555. The van der Waals surface area contributed by atoms with Crippen molar-refractivity contribution in [2.45, 2.75) is 33.5 Å². The van der Waals surface area contributed by atoms with Crippen LogP contribution in [-0.4, -0.2) is 26.2 Å². The van der Waals surface area contributed by atoms with Crippen LogP contribution in [0.5, 0.6) is 5.75 Å². The molecule has 26 heavy (non-hydrogen) atoms. The molecule has 0 spiro atoms. The summed E-state index contributed by atoms with van der Waals surface area (Å²) in [6.07, 6.45) is 0. The van der Waals surface area contributed by atoms with Crippen LogP contribution in [0.15, 0.2) is 53.5 Å². The first-order valence-corrected chi connectivity index (χ1v) is 9.07. The van der Waals surface area contributed by atoms with Crippen LogP contribution in [0.1, 0.15) is 30.5 Å². The standard InChI is InChI=1S/C21H29N3O2/c1-4-22-21(24-15-18-11-8-9-13-20(18)25-3)23-14-17-10-6-7-12-19(17)16-26-5-2/h6-13H,4-5,14-16H2,1-3H3,(H2,22,23,24). The number of aliphatic imine (C=N–C) groups is 1. The Hall–Kier alpha value is -2.53. The van der Waals surface area contributed by atoms with Crippen LogP contribution in [0.25, 0.3) is 0 Å². The van der Waals surface area contributed by atoms with Gasteiger partial charge in [0.25, 0.3) is 0 Å². The van der Waals surface area contributed by atoms with Gasteiger partial charge in [0.05, 0.1) is 20.3 Å². The first-order chi connectivity index (χ1) is 12.8. The van der Waals surface area contributed by atoms with Crippen LogP contribution in [0.3, 0.4) is 0 Å². The molecule has 140 valence electrons. The Morgan fingerprint density at radius 1 is 0.923 bits per heavy atom. The molecule has 0 heterocycles. The summed E-state index contributed by atoms with van der Waals surface area (Å²) in [4.78, 5) is 4.68. The molecule has 0 amide bonds. The fourth-order valence-electron chi connectivity index (χ4n) is 2.60. The number of hydrogen-bond donors (Lipinski definition) is 2. The third kappa shape index (κ3) is 6.08. The number of guanidine groups is 1. The molecule has 0 saturated carbocycles. The van der Waals surface area contributed by atoms with E-state index in [1.165, 1.54) is 11.1 Å². The molecule has 0 fully saturated rings. The molecule has 0 aromatic heterocycles. The van der Waals surface area contributed by atoms with Gasteiger partial charge in [-0.25, -0.2) is 4.99 Å². The van der Waals surface area contributed by atoms with E-state index in [-0.39, 0.29) is 0 Å². The average molecular weight is 355 g/mol. The second kappa shape index (κ2) is 11.2. The minimum Gasteiger partial charge on any atom is -0.496 e. The summed E-state index contributed by atoms with van der Waals surface area (Å²) in [6, 6.07) is 16.3. The van der Waals surface area contributed by atoms with Gasteiger partial charge in [0.2, 0.25) is 0 Å². The lowest BCUT2D eigenvalue weighted by molar-refractivity contribution is 0.133. The molecule has 0 aliphatic rings. The summed E-state index contributed by atoms with van der Waals surface area (Å²) in [6.45, 7) is 7.46. The van der Waals surface area contributed by atoms with E-state index in [1.807, 2.05) is 43.3 Å². The molecule has 0 atom stereocenters. The zero-order valence-corrected chi connectivity index (χ0v) is 15.9. The predicted octanol–water partition coefficient (Wildman–Crippen LogP) is 3.49. The molecule has 2 aromatic carbocycles. The highest BCUT2D eigenvalue weighted by atomic mass is 16.5. The molecule has 0 bridgehead atoms. The van der Waals surface area contributed by atoms with E-state index in [9.17, 15) is 0 Å². The van der Waals surface area contributed by atoms with Gasteiger partial charge in [-0.2, -0.15) is 0 Å². The Labute approximate surface area is 156 Å². The maximum atomic E-state index is 5.56. The summed E-state index contributed by atoms with van der Waals surface area (Å²) in [5.74, 6) is 1.64. The Balaban J connectivity index is 2.04. The smallest absolute Gasteiger partial charge is 0.191 e. The third-order valence-corrected chi connectivity index (χ3v) is 3.97. The van der Waals surface area contributed by atoms with Crippen molar-refractivity contribution >= 4 is 5.96 Å². The molecule has 0 unspecified atom stereocenters. The Morgan fingerprint density at radius 2 is 1.62 bits per heavy atom. The number of nitrogens with zero attached hydrogens (tertiary/aromatic N) is 1. The third-order valence-electron chi connectivity index (χ3n) is 3.97. The summed E-state index contributed by atoms with van der Waals surface area (Å²) in [5.41, 5.74) is 3.47. The highest BCUT2D eigenvalue weighted by Crippen LogP contribution is 2.18. The monoisotopic (exact) mass is 355 g/mol. The highest BCUT2D eigenvalue weighted by Gasteiger charge is 2.05. The van der Waals surface area contributed by atoms with Gasteiger partial charge >= 0.3 is 0 Å². The molecular weight excluding hydrogens is 326 g/mol. The number of methoxy groups -OCH3 is 1. The van der Waals surface area contributed by atoms with Gasteiger partial charge in [0.1, 0.15) is 5.75 Å². The van der Waals surface area contributed by atoms with Gasteiger partial charge in [-0.1, -0.05) is 42.5 Å². The predicted molar refractivity (Wildman–Crippen MR) is 106 cm³/mol. The van der Waals surface area contributed by atoms with Crippen molar-refractivity contribution in [2.75, 3.05) is 20.3 Å². The average Bonchev–Trinajstić information content (AvgIpc) is 2.69. The maximum Gasteiger partial charge on any atom is 0.191 e. The number of para-hydroxylation sites is 1. The molecule has 0 aliphatic heterocycles. The Bertz CT molecular complexity index is 701. The van der Waals surface area contributed by atoms with E-state index in [0.717, 1.165) is 23.8 Å². The lowest BCUT2D eigenvalue weighted by atomic mass is 10.1. The van der Waals surface area contributed by atoms with Crippen molar-refractivity contribution in [3.8, 4) is 5.75 Å². The van der Waals surface area contributed by atoms with Crippen LogP contribution in [0.4, 0.5) is 0 Å². The Morgan fingerprint density at radius 3 is 2.31 bits per heavy atom. The fourth-order valence-corrected chi connectivity index (χ4v) is 2.60. The molecule has 0 aliphatic carbocycles. The number of benzene rings is 2. The van der Waals surface area contributed by atoms with E-state index in [0.29, 0.717) is 26.3 Å². The summed E-state index contributed by atoms with van der Waals surface area (Å²) in [7, 11) is 1.68. The van der Waals surface area contributed by atoms with Crippen molar-refractivity contribution in [1.29, 1.82) is 0 Å². The van der Waals surface area contributed by atoms with Crippen molar-refractivity contribution in [1.82, 2.24) is 10.6 Å². The second-order valence-electron chi connectivity index (χ2n) is 5.77. The van der Waals surface area contributed by atoms with Gasteiger partial charge in [-0.3, -0.25) is 0 Å². The van der Waals surface area contributed by atoms with Gasteiger partial charge in [-0.15, -0.1) is 0 Å². The van der Waals surface area contributed by atoms with Gasteiger partial charge in [0.15, 0.2) is 5.96 Å². The molecule has 0 saturated heterocycles. The lowest BCUT2D eigenvalue weighted by Crippen LogP contribution is -2.37.